The molecule has 1 N–H and O–H groups in total. The highest BCUT2D eigenvalue weighted by Crippen LogP contribution is 2.22. The monoisotopic (exact) mass is 239 g/mol. The molecule has 0 fully saturated rings. The molecular formula is C10H9NO4S. The summed E-state index contributed by atoms with van der Waals surface area (Å²) in [6, 6.07) is 4.55. The fraction of sp³-hybridized carbons (Fsp3) is 0.200. The lowest BCUT2D eigenvalue weighted by Gasteiger charge is -2.22. The maximum absolute atomic E-state index is 11.8. The third-order valence-corrected chi connectivity index (χ3v) is 3.86. The molecule has 16 heavy (non-hydrogen) atoms. The van der Waals surface area contributed by atoms with Gasteiger partial charge in [0.1, 0.15) is 6.04 Å². The van der Waals surface area contributed by atoms with E-state index >= 15 is 0 Å². The SMILES string of the molecule is CC(=O)[C@@H]1NS(=O)(=O)c2ccccc2C1=O. The van der Waals surface area contributed by atoms with Gasteiger partial charge in [-0.05, 0) is 19.1 Å². The molecule has 84 valence electrons. The van der Waals surface area contributed by atoms with Gasteiger partial charge in [-0.3, -0.25) is 9.59 Å². The Hall–Kier alpha value is -1.53. The van der Waals surface area contributed by atoms with Crippen molar-refractivity contribution >= 4 is 21.6 Å². The summed E-state index contributed by atoms with van der Waals surface area (Å²) in [5.41, 5.74) is 0.0708. The smallest absolute Gasteiger partial charge is 0.242 e. The van der Waals surface area contributed by atoms with Crippen molar-refractivity contribution < 1.29 is 18.0 Å². The lowest BCUT2D eigenvalue weighted by Crippen LogP contribution is -2.49. The number of nitrogens with one attached hydrogen (secondary N) is 1. The van der Waals surface area contributed by atoms with E-state index in [4.69, 9.17) is 0 Å². The van der Waals surface area contributed by atoms with E-state index in [2.05, 4.69) is 4.72 Å². The molecule has 1 aromatic rings. The van der Waals surface area contributed by atoms with Crippen LogP contribution in [0.15, 0.2) is 29.2 Å². The number of Topliss-reactive ketones (excluding diaryl/α,β-unsaturated/α-hetero) is 2. The van der Waals surface area contributed by atoms with E-state index in [-0.39, 0.29) is 10.5 Å². The summed E-state index contributed by atoms with van der Waals surface area (Å²) in [5, 5.41) is 0. The van der Waals surface area contributed by atoms with Gasteiger partial charge in [-0.15, -0.1) is 0 Å². The van der Waals surface area contributed by atoms with Crippen LogP contribution in [0.25, 0.3) is 0 Å². The first-order valence-electron chi connectivity index (χ1n) is 4.59. The summed E-state index contributed by atoms with van der Waals surface area (Å²) in [6.07, 6.45) is 0. The molecule has 0 bridgehead atoms. The molecule has 0 aromatic heterocycles. The van der Waals surface area contributed by atoms with Crippen LogP contribution in [0.3, 0.4) is 0 Å². The fourth-order valence-electron chi connectivity index (χ4n) is 1.60. The topological polar surface area (TPSA) is 80.3 Å². The maximum Gasteiger partial charge on any atom is 0.242 e. The lowest BCUT2D eigenvalue weighted by molar-refractivity contribution is -0.117. The van der Waals surface area contributed by atoms with Crippen molar-refractivity contribution in [1.29, 1.82) is 0 Å². The minimum Gasteiger partial charge on any atom is -0.298 e. The summed E-state index contributed by atoms with van der Waals surface area (Å²) >= 11 is 0. The molecule has 0 radical (unpaired) electrons. The molecule has 5 nitrogen and oxygen atoms in total. The van der Waals surface area contributed by atoms with Crippen LogP contribution in [0.5, 0.6) is 0 Å². The van der Waals surface area contributed by atoms with Gasteiger partial charge in [-0.1, -0.05) is 12.1 Å². The second-order valence-electron chi connectivity index (χ2n) is 3.53. The minimum absolute atomic E-state index is 0.0708. The molecule has 1 atom stereocenters. The number of benzene rings is 1. The summed E-state index contributed by atoms with van der Waals surface area (Å²) in [4.78, 5) is 22.9. The first-order valence-corrected chi connectivity index (χ1v) is 6.08. The highest BCUT2D eigenvalue weighted by atomic mass is 32.2. The molecule has 2 rings (SSSR count). The van der Waals surface area contributed by atoms with Gasteiger partial charge >= 0.3 is 0 Å². The normalized spacial score (nSPS) is 22.6. The average Bonchev–Trinajstić information content (AvgIpc) is 2.23. The third-order valence-electron chi connectivity index (χ3n) is 2.38. The highest BCUT2D eigenvalue weighted by molar-refractivity contribution is 7.89. The Labute approximate surface area is 92.5 Å². The van der Waals surface area contributed by atoms with Gasteiger partial charge in [0.25, 0.3) is 0 Å². The molecule has 0 aliphatic carbocycles. The van der Waals surface area contributed by atoms with Crippen molar-refractivity contribution in [2.45, 2.75) is 17.9 Å². The molecule has 1 heterocycles. The Morgan fingerprint density at radius 3 is 2.56 bits per heavy atom. The predicted molar refractivity (Wildman–Crippen MR) is 55.6 cm³/mol. The van der Waals surface area contributed by atoms with Gasteiger partial charge in [-0.25, -0.2) is 8.42 Å². The molecule has 6 heteroatoms. The van der Waals surface area contributed by atoms with E-state index in [0.29, 0.717) is 0 Å². The fourth-order valence-corrected chi connectivity index (χ4v) is 3.03. The van der Waals surface area contributed by atoms with Gasteiger partial charge < -0.3 is 0 Å². The first kappa shape index (κ1) is 11.0. The molecule has 0 saturated carbocycles. The quantitative estimate of drug-likeness (QED) is 0.706. The van der Waals surface area contributed by atoms with Crippen LogP contribution < -0.4 is 4.72 Å². The second-order valence-corrected chi connectivity index (χ2v) is 5.21. The third kappa shape index (κ3) is 1.56. The number of sulfonamides is 1. The second kappa shape index (κ2) is 3.50. The molecule has 0 unspecified atom stereocenters. The van der Waals surface area contributed by atoms with E-state index in [9.17, 15) is 18.0 Å². The van der Waals surface area contributed by atoms with E-state index in [1.807, 2.05) is 0 Å². The first-order chi connectivity index (χ1) is 7.43. The Kier molecular flexibility index (Phi) is 2.40. The van der Waals surface area contributed by atoms with Crippen LogP contribution in [-0.2, 0) is 14.8 Å². The number of ketones is 2. The van der Waals surface area contributed by atoms with Gasteiger partial charge in [0, 0.05) is 5.56 Å². The number of rotatable bonds is 1. The van der Waals surface area contributed by atoms with Crippen LogP contribution in [0.1, 0.15) is 17.3 Å². The molecule has 0 saturated heterocycles. The Morgan fingerprint density at radius 2 is 1.94 bits per heavy atom. The summed E-state index contributed by atoms with van der Waals surface area (Å²) < 4.78 is 25.5. The van der Waals surface area contributed by atoms with Gasteiger partial charge in [0.2, 0.25) is 10.0 Å². The predicted octanol–water partition coefficient (Wildman–Crippen LogP) is 0.119. The molecule has 0 spiro atoms. The zero-order valence-corrected chi connectivity index (χ0v) is 9.24. The van der Waals surface area contributed by atoms with Gasteiger partial charge in [-0.2, -0.15) is 4.72 Å². The van der Waals surface area contributed by atoms with Crippen molar-refractivity contribution in [3.8, 4) is 0 Å². The molecule has 1 aromatic carbocycles. The van der Waals surface area contributed by atoms with Gasteiger partial charge in [0.05, 0.1) is 4.90 Å². The molecule has 0 amide bonds. The number of hydrogen-bond donors (Lipinski definition) is 1. The standard InChI is InChI=1S/C10H9NO4S/c1-6(12)9-10(13)7-4-2-3-5-8(7)16(14,15)11-9/h2-5,9,11H,1H3/t9-/m0/s1. The van der Waals surface area contributed by atoms with Crippen LogP contribution in [0.2, 0.25) is 0 Å². The van der Waals surface area contributed by atoms with Crippen LogP contribution in [0, 0.1) is 0 Å². The van der Waals surface area contributed by atoms with E-state index in [0.717, 1.165) is 0 Å². The van der Waals surface area contributed by atoms with Crippen molar-refractivity contribution in [3.05, 3.63) is 29.8 Å². The number of carbonyl (C=O) groups is 2. The maximum atomic E-state index is 11.8. The summed E-state index contributed by atoms with van der Waals surface area (Å²) in [5.74, 6) is -1.01. The van der Waals surface area contributed by atoms with E-state index < -0.39 is 27.6 Å². The lowest BCUT2D eigenvalue weighted by atomic mass is 10.0. The van der Waals surface area contributed by atoms with E-state index in [1.165, 1.54) is 25.1 Å². The number of hydrogen-bond acceptors (Lipinski definition) is 4. The average molecular weight is 239 g/mol. The minimum atomic E-state index is -3.76. The zero-order chi connectivity index (χ0) is 11.9. The van der Waals surface area contributed by atoms with Crippen molar-refractivity contribution in [2.75, 3.05) is 0 Å². The van der Waals surface area contributed by atoms with Crippen LogP contribution >= 0.6 is 0 Å². The van der Waals surface area contributed by atoms with Crippen molar-refractivity contribution in [3.63, 3.8) is 0 Å². The summed E-state index contributed by atoms with van der Waals surface area (Å²) in [6.45, 7) is 1.18. The Balaban J connectivity index is 2.67. The molecule has 1 aliphatic rings. The number of fused-ring (bicyclic) bond motifs is 1. The van der Waals surface area contributed by atoms with E-state index in [1.54, 1.807) is 6.07 Å². The van der Waals surface area contributed by atoms with Gasteiger partial charge in [0.15, 0.2) is 11.6 Å². The highest BCUT2D eigenvalue weighted by Gasteiger charge is 2.38. The van der Waals surface area contributed by atoms with Crippen LogP contribution in [0.4, 0.5) is 0 Å². The molecular weight excluding hydrogens is 230 g/mol. The Bertz CT molecular complexity index is 576. The summed E-state index contributed by atoms with van der Waals surface area (Å²) in [7, 11) is -3.76. The number of carbonyl (C=O) groups excluding carboxylic acids is 2. The van der Waals surface area contributed by atoms with Crippen molar-refractivity contribution in [2.24, 2.45) is 0 Å². The zero-order valence-electron chi connectivity index (χ0n) is 8.43. The Morgan fingerprint density at radius 1 is 1.31 bits per heavy atom. The van der Waals surface area contributed by atoms with Crippen LogP contribution in [-0.4, -0.2) is 26.0 Å². The molecule has 1 aliphatic heterocycles. The largest absolute Gasteiger partial charge is 0.298 e. The van der Waals surface area contributed by atoms with Crippen molar-refractivity contribution in [1.82, 2.24) is 4.72 Å².